The smallest absolute Gasteiger partial charge is 0.321 e. The number of urea groups is 1. The molecule has 1 aromatic rings. The van der Waals surface area contributed by atoms with Crippen molar-refractivity contribution in [2.24, 2.45) is 0 Å². The van der Waals surface area contributed by atoms with Crippen molar-refractivity contribution >= 4 is 17.4 Å². The van der Waals surface area contributed by atoms with E-state index in [1.165, 1.54) is 17.0 Å². The van der Waals surface area contributed by atoms with Crippen LogP contribution < -0.4 is 10.2 Å². The Hall–Kier alpha value is -2.33. The van der Waals surface area contributed by atoms with Crippen molar-refractivity contribution in [3.63, 3.8) is 0 Å². The third-order valence-corrected chi connectivity index (χ3v) is 4.41. The Balaban J connectivity index is 2.15. The topological polar surface area (TPSA) is 62.6 Å². The highest BCUT2D eigenvalue weighted by atomic mass is 19.1. The summed E-state index contributed by atoms with van der Waals surface area (Å²) in [5, 5.41) is 11.5. The molecule has 1 aliphatic heterocycles. The number of likely N-dealkylation sites (N-methyl/N-ethyl adjacent to an activating group) is 1. The second-order valence-corrected chi connectivity index (χ2v) is 6.20. The lowest BCUT2D eigenvalue weighted by molar-refractivity contribution is 0.208. The normalized spacial score (nSPS) is 16.4. The molecule has 0 radical (unpaired) electrons. The summed E-state index contributed by atoms with van der Waals surface area (Å²) in [6.07, 6.45) is 0.248. The number of rotatable bonds is 4. The second kappa shape index (κ2) is 7.97. The molecule has 1 aliphatic rings. The maximum Gasteiger partial charge on any atom is 0.321 e. The minimum atomic E-state index is -0.393. The van der Waals surface area contributed by atoms with Crippen LogP contribution in [-0.2, 0) is 0 Å². The molecule has 1 atom stereocenters. The third kappa shape index (κ3) is 4.36. The second-order valence-electron chi connectivity index (χ2n) is 6.20. The van der Waals surface area contributed by atoms with Gasteiger partial charge in [0.15, 0.2) is 0 Å². The minimum absolute atomic E-state index is 0.212. The summed E-state index contributed by atoms with van der Waals surface area (Å²) in [5.74, 6) is -0.393. The standard InChI is InChI=1S/C17H24FN5O/c1-13(6-7-19)22(3)17(24)20-15-12-14(18)4-5-16(15)23-10-8-21(2)9-11-23/h4-5,12-13H,6,8-11H2,1-3H3,(H,20,24)/t13-/m0/s1. The third-order valence-electron chi connectivity index (χ3n) is 4.41. The number of hydrogen-bond acceptors (Lipinski definition) is 4. The Kier molecular flexibility index (Phi) is 5.99. The quantitative estimate of drug-likeness (QED) is 0.919. The molecule has 0 bridgehead atoms. The number of anilines is 2. The molecule has 0 spiro atoms. The van der Waals surface area contributed by atoms with Crippen molar-refractivity contribution in [3.8, 4) is 6.07 Å². The van der Waals surface area contributed by atoms with E-state index in [0.717, 1.165) is 31.9 Å². The minimum Gasteiger partial charge on any atom is -0.367 e. The fourth-order valence-electron chi connectivity index (χ4n) is 2.60. The highest BCUT2D eigenvalue weighted by Gasteiger charge is 2.21. The molecule has 0 aliphatic carbocycles. The zero-order valence-corrected chi connectivity index (χ0v) is 14.4. The largest absolute Gasteiger partial charge is 0.367 e. The number of carbonyl (C=O) groups excluding carboxylic acids is 1. The fourth-order valence-corrected chi connectivity index (χ4v) is 2.60. The van der Waals surface area contributed by atoms with Crippen LogP contribution in [0.2, 0.25) is 0 Å². The van der Waals surface area contributed by atoms with E-state index in [4.69, 9.17) is 5.26 Å². The van der Waals surface area contributed by atoms with Gasteiger partial charge in [-0.3, -0.25) is 0 Å². The monoisotopic (exact) mass is 333 g/mol. The number of benzene rings is 1. The van der Waals surface area contributed by atoms with Gasteiger partial charge in [-0.1, -0.05) is 0 Å². The van der Waals surface area contributed by atoms with Gasteiger partial charge in [0.25, 0.3) is 0 Å². The van der Waals surface area contributed by atoms with Crippen molar-refractivity contribution in [2.75, 3.05) is 50.5 Å². The van der Waals surface area contributed by atoms with Gasteiger partial charge in [-0.25, -0.2) is 9.18 Å². The van der Waals surface area contributed by atoms with Gasteiger partial charge in [0.05, 0.1) is 23.9 Å². The zero-order chi connectivity index (χ0) is 17.7. The maximum atomic E-state index is 13.7. The number of piperazine rings is 1. The van der Waals surface area contributed by atoms with Crippen molar-refractivity contribution in [2.45, 2.75) is 19.4 Å². The van der Waals surface area contributed by atoms with Gasteiger partial charge in [-0.2, -0.15) is 5.26 Å². The molecule has 2 rings (SSSR count). The molecule has 0 aromatic heterocycles. The van der Waals surface area contributed by atoms with Crippen LogP contribution in [0.25, 0.3) is 0 Å². The molecule has 130 valence electrons. The van der Waals surface area contributed by atoms with Gasteiger partial charge in [-0.15, -0.1) is 0 Å². The first-order valence-electron chi connectivity index (χ1n) is 8.06. The first kappa shape index (κ1) is 18.0. The summed E-state index contributed by atoms with van der Waals surface area (Å²) in [7, 11) is 3.70. The van der Waals surface area contributed by atoms with Gasteiger partial charge in [0, 0.05) is 39.3 Å². The Morgan fingerprint density at radius 1 is 1.42 bits per heavy atom. The van der Waals surface area contributed by atoms with Crippen LogP contribution in [0.4, 0.5) is 20.6 Å². The summed E-state index contributed by atoms with van der Waals surface area (Å²) in [6.45, 7) is 5.29. The Morgan fingerprint density at radius 3 is 2.71 bits per heavy atom. The molecule has 24 heavy (non-hydrogen) atoms. The van der Waals surface area contributed by atoms with Crippen LogP contribution >= 0.6 is 0 Å². The molecule has 0 unspecified atom stereocenters. The average molecular weight is 333 g/mol. The summed E-state index contributed by atoms with van der Waals surface area (Å²) in [5.41, 5.74) is 1.28. The van der Waals surface area contributed by atoms with Crippen molar-refractivity contribution in [3.05, 3.63) is 24.0 Å². The number of carbonyl (C=O) groups is 1. The number of nitrogens with one attached hydrogen (secondary N) is 1. The molecule has 6 nitrogen and oxygen atoms in total. The van der Waals surface area contributed by atoms with Crippen LogP contribution in [-0.4, -0.2) is 62.1 Å². The van der Waals surface area contributed by atoms with Gasteiger partial charge < -0.3 is 20.0 Å². The lowest BCUT2D eigenvalue weighted by atomic mass is 10.2. The molecule has 7 heteroatoms. The first-order chi connectivity index (χ1) is 11.4. The van der Waals surface area contributed by atoms with E-state index < -0.39 is 5.82 Å². The van der Waals surface area contributed by atoms with Gasteiger partial charge in [0.1, 0.15) is 5.82 Å². The summed E-state index contributed by atoms with van der Waals surface area (Å²) in [4.78, 5) is 18.2. The molecular weight excluding hydrogens is 309 g/mol. The molecule has 2 amide bonds. The van der Waals surface area contributed by atoms with Crippen LogP contribution in [0, 0.1) is 17.1 Å². The highest BCUT2D eigenvalue weighted by Crippen LogP contribution is 2.28. The van der Waals surface area contributed by atoms with Gasteiger partial charge >= 0.3 is 6.03 Å². The number of nitrogens with zero attached hydrogens (tertiary/aromatic N) is 4. The molecule has 1 saturated heterocycles. The molecule has 1 aromatic carbocycles. The molecule has 1 fully saturated rings. The number of hydrogen-bond donors (Lipinski definition) is 1. The number of nitriles is 1. The summed E-state index contributed by atoms with van der Waals surface area (Å²) < 4.78 is 13.7. The molecule has 1 heterocycles. The van der Waals surface area contributed by atoms with E-state index in [2.05, 4.69) is 22.2 Å². The van der Waals surface area contributed by atoms with Gasteiger partial charge in [0.2, 0.25) is 0 Å². The van der Waals surface area contributed by atoms with E-state index in [1.54, 1.807) is 20.0 Å². The predicted molar refractivity (Wildman–Crippen MR) is 92.6 cm³/mol. The lowest BCUT2D eigenvalue weighted by Gasteiger charge is -2.35. The van der Waals surface area contributed by atoms with E-state index in [-0.39, 0.29) is 18.5 Å². The summed E-state index contributed by atoms with van der Waals surface area (Å²) >= 11 is 0. The average Bonchev–Trinajstić information content (AvgIpc) is 2.55. The molecular formula is C17H24FN5O. The van der Waals surface area contributed by atoms with Crippen LogP contribution in [0.15, 0.2) is 18.2 Å². The van der Waals surface area contributed by atoms with Crippen molar-refractivity contribution in [1.82, 2.24) is 9.80 Å². The number of halogens is 1. The van der Waals surface area contributed by atoms with E-state index >= 15 is 0 Å². The number of amides is 2. The van der Waals surface area contributed by atoms with Crippen molar-refractivity contribution in [1.29, 1.82) is 5.26 Å². The van der Waals surface area contributed by atoms with Crippen LogP contribution in [0.3, 0.4) is 0 Å². The molecule has 0 saturated carbocycles. The summed E-state index contributed by atoms with van der Waals surface area (Å²) in [6, 6.07) is 5.94. The SMILES string of the molecule is C[C@@H](CC#N)N(C)C(=O)Nc1cc(F)ccc1N1CCN(C)CC1. The predicted octanol–water partition coefficient (Wildman–Crippen LogP) is 2.34. The van der Waals surface area contributed by atoms with Gasteiger partial charge in [-0.05, 0) is 32.2 Å². The van der Waals surface area contributed by atoms with Crippen LogP contribution in [0.1, 0.15) is 13.3 Å². The van der Waals surface area contributed by atoms with Crippen LogP contribution in [0.5, 0.6) is 0 Å². The highest BCUT2D eigenvalue weighted by molar-refractivity contribution is 5.93. The zero-order valence-electron chi connectivity index (χ0n) is 14.4. The Bertz CT molecular complexity index is 622. The maximum absolute atomic E-state index is 13.7. The van der Waals surface area contributed by atoms with E-state index in [9.17, 15) is 9.18 Å². The Morgan fingerprint density at radius 2 is 2.08 bits per heavy atom. The Labute approximate surface area is 142 Å². The van der Waals surface area contributed by atoms with Crippen molar-refractivity contribution < 1.29 is 9.18 Å². The molecule has 1 N–H and O–H groups in total. The van der Waals surface area contributed by atoms with E-state index in [0.29, 0.717) is 5.69 Å². The fraction of sp³-hybridized carbons (Fsp3) is 0.529. The van der Waals surface area contributed by atoms with E-state index in [1.807, 2.05) is 6.07 Å². The first-order valence-corrected chi connectivity index (χ1v) is 8.06. The lowest BCUT2D eigenvalue weighted by Crippen LogP contribution is -2.45.